The lowest BCUT2D eigenvalue weighted by molar-refractivity contribution is 0.478. The van der Waals surface area contributed by atoms with Crippen LogP contribution in [0.15, 0.2) is 228 Å². The van der Waals surface area contributed by atoms with E-state index in [1.54, 1.807) is 0 Å². The van der Waals surface area contributed by atoms with Gasteiger partial charge in [-0.05, 0) is 155 Å². The van der Waals surface area contributed by atoms with Gasteiger partial charge in [0, 0.05) is 60.7 Å². The molecule has 0 saturated heterocycles. The first kappa shape index (κ1) is 46.9. The molecular formula is C73H54B2N4OSSi2. The van der Waals surface area contributed by atoms with Crippen LogP contribution in [0.1, 0.15) is 24.0 Å². The molecule has 0 radical (unpaired) electrons. The van der Waals surface area contributed by atoms with Crippen molar-refractivity contribution in [1.29, 1.82) is 0 Å². The van der Waals surface area contributed by atoms with Crippen molar-refractivity contribution in [3.05, 3.63) is 230 Å². The molecule has 1 atom stereocenters. The maximum Gasteiger partial charge on any atom is 0.333 e. The summed E-state index contributed by atoms with van der Waals surface area (Å²) in [6.45, 7) is 12.6. The van der Waals surface area contributed by atoms with Crippen LogP contribution >= 0.6 is 11.8 Å². The Morgan fingerprint density at radius 2 is 0.964 bits per heavy atom. The number of fused-ring (bicyclic) bond motifs is 16. The Morgan fingerprint density at radius 3 is 1.66 bits per heavy atom. The molecule has 5 nitrogen and oxygen atoms in total. The van der Waals surface area contributed by atoms with Crippen LogP contribution in [-0.4, -0.2) is 29.8 Å². The fraction of sp³-hybridized carbons (Fsp3) is 0.0959. The monoisotopic (exact) mass is 1110 g/mol. The van der Waals surface area contributed by atoms with Crippen molar-refractivity contribution in [2.24, 2.45) is 0 Å². The van der Waals surface area contributed by atoms with Gasteiger partial charge in [-0.2, -0.15) is 0 Å². The Bertz CT molecular complexity index is 4770. The highest BCUT2D eigenvalue weighted by Gasteiger charge is 2.54. The molecule has 8 aliphatic rings. The van der Waals surface area contributed by atoms with Crippen molar-refractivity contribution in [2.75, 3.05) is 19.4 Å². The van der Waals surface area contributed by atoms with Crippen LogP contribution in [-0.2, 0) is 6.42 Å². The molecule has 8 aliphatic heterocycles. The van der Waals surface area contributed by atoms with Crippen molar-refractivity contribution >= 4 is 141 Å². The third-order valence-corrected chi connectivity index (χ3v) is 28.3. The SMILES string of the molecule is CC(Cc1ccc2c(c1)Sc1cccc3c1N2B1c2cccc4c2N(c2ccccc2[Si]4(C)C)c2cc(-c4ccccc4)cc-3c21)c1cc2c3c(c1)N1c4ccccc4[Si](C)(C)c4cccc(c41)B3N1c3ccccc3Oc3cccc-2c31. The minimum absolute atomic E-state index is 0.0159. The van der Waals surface area contributed by atoms with E-state index in [1.807, 2.05) is 11.8 Å². The molecule has 0 fully saturated rings. The number of nitrogens with zero attached hydrogens (tertiary/aromatic N) is 4. The minimum Gasteiger partial charge on any atom is -0.453 e. The molecule has 83 heavy (non-hydrogen) atoms. The molecule has 0 amide bonds. The normalized spacial score (nSPS) is 16.3. The first-order valence-corrected chi connectivity index (χ1v) is 36.3. The predicted molar refractivity (Wildman–Crippen MR) is 356 cm³/mol. The van der Waals surface area contributed by atoms with Crippen LogP contribution in [0.3, 0.4) is 0 Å². The van der Waals surface area contributed by atoms with E-state index >= 15 is 0 Å². The number of hydrogen-bond donors (Lipinski definition) is 0. The summed E-state index contributed by atoms with van der Waals surface area (Å²) < 4.78 is 6.84. The van der Waals surface area contributed by atoms with Crippen molar-refractivity contribution in [1.82, 2.24) is 0 Å². The fourth-order valence-corrected chi connectivity index (χ4v) is 23.6. The van der Waals surface area contributed by atoms with Gasteiger partial charge in [-0.1, -0.05) is 197 Å². The highest BCUT2D eigenvalue weighted by atomic mass is 32.2. The van der Waals surface area contributed by atoms with E-state index in [4.69, 9.17) is 4.74 Å². The maximum atomic E-state index is 6.84. The summed E-state index contributed by atoms with van der Waals surface area (Å²) in [6, 6.07) is 84.0. The Labute approximate surface area is 491 Å². The van der Waals surface area contributed by atoms with E-state index in [0.29, 0.717) is 0 Å². The van der Waals surface area contributed by atoms with Crippen molar-refractivity contribution in [3.63, 3.8) is 0 Å². The van der Waals surface area contributed by atoms with Gasteiger partial charge >= 0.3 is 13.7 Å². The van der Waals surface area contributed by atoms with Gasteiger partial charge < -0.3 is 24.2 Å². The summed E-state index contributed by atoms with van der Waals surface area (Å²) in [4.78, 5) is 13.3. The number of rotatable bonds is 4. The minimum atomic E-state index is -2.12. The Hall–Kier alpha value is -8.67. The van der Waals surface area contributed by atoms with Crippen molar-refractivity contribution < 1.29 is 4.74 Å². The largest absolute Gasteiger partial charge is 0.453 e. The third-order valence-electron chi connectivity index (χ3n) is 20.2. The second kappa shape index (κ2) is 16.3. The Morgan fingerprint density at radius 1 is 0.410 bits per heavy atom. The molecule has 11 aromatic rings. The van der Waals surface area contributed by atoms with Crippen molar-refractivity contribution in [2.45, 2.75) is 55.2 Å². The van der Waals surface area contributed by atoms with Gasteiger partial charge in [0.15, 0.2) is 5.75 Å². The van der Waals surface area contributed by atoms with Crippen LogP contribution in [0.25, 0.3) is 33.4 Å². The predicted octanol–water partition coefficient (Wildman–Crippen LogP) is 14.0. The van der Waals surface area contributed by atoms with Gasteiger partial charge in [-0.15, -0.1) is 0 Å². The summed E-state index contributed by atoms with van der Waals surface area (Å²) >= 11 is 1.95. The first-order chi connectivity index (χ1) is 40.6. The number of ether oxygens (including phenoxy) is 1. The number of benzene rings is 11. The summed E-state index contributed by atoms with van der Waals surface area (Å²) in [6.07, 6.45) is 0.898. The van der Waals surface area contributed by atoms with Gasteiger partial charge in [0.1, 0.15) is 21.9 Å². The lowest BCUT2D eigenvalue weighted by Gasteiger charge is -2.51. The third kappa shape index (κ3) is 6.00. The van der Waals surface area contributed by atoms with E-state index in [2.05, 4.69) is 271 Å². The van der Waals surface area contributed by atoms with E-state index in [1.165, 1.54) is 142 Å². The van der Waals surface area contributed by atoms with Gasteiger partial charge in [0.2, 0.25) is 0 Å². The van der Waals surface area contributed by atoms with Crippen molar-refractivity contribution in [3.8, 4) is 44.9 Å². The highest BCUT2D eigenvalue weighted by Crippen LogP contribution is 2.59. The van der Waals surface area contributed by atoms with E-state index in [0.717, 1.165) is 29.3 Å². The molecular weight excluding hydrogens is 1060 g/mol. The molecule has 0 spiro atoms. The van der Waals surface area contributed by atoms with Crippen LogP contribution in [0.2, 0.25) is 26.2 Å². The van der Waals surface area contributed by atoms with E-state index in [-0.39, 0.29) is 19.6 Å². The zero-order valence-electron chi connectivity index (χ0n) is 46.8. The van der Waals surface area contributed by atoms with E-state index in [9.17, 15) is 0 Å². The highest BCUT2D eigenvalue weighted by molar-refractivity contribution is 7.99. The van der Waals surface area contributed by atoms with Crippen LogP contribution in [0.4, 0.5) is 56.9 Å². The molecule has 8 heterocycles. The molecule has 392 valence electrons. The molecule has 0 bridgehead atoms. The van der Waals surface area contributed by atoms with Crippen LogP contribution < -0.4 is 66.8 Å². The van der Waals surface area contributed by atoms with Crippen LogP contribution in [0, 0.1) is 0 Å². The Balaban J connectivity index is 0.770. The van der Waals surface area contributed by atoms with Crippen LogP contribution in [0.5, 0.6) is 11.5 Å². The molecule has 0 aliphatic carbocycles. The summed E-state index contributed by atoms with van der Waals surface area (Å²) in [5, 5.41) is 5.99. The maximum absolute atomic E-state index is 6.84. The average Bonchev–Trinajstić information content (AvgIpc) is 1.27. The zero-order valence-corrected chi connectivity index (χ0v) is 49.6. The lowest BCUT2D eigenvalue weighted by atomic mass is 9.43. The molecule has 0 aromatic heterocycles. The van der Waals surface area contributed by atoms with Gasteiger partial charge in [0.25, 0.3) is 0 Å². The topological polar surface area (TPSA) is 22.2 Å². The number of para-hydroxylation sites is 8. The smallest absolute Gasteiger partial charge is 0.333 e. The summed E-state index contributed by atoms with van der Waals surface area (Å²) in [7, 11) is -4.23. The second-order valence-corrected chi connectivity index (χ2v) is 34.9. The molecule has 11 aromatic carbocycles. The van der Waals surface area contributed by atoms with Gasteiger partial charge in [-0.25, -0.2) is 0 Å². The number of hydrogen-bond acceptors (Lipinski definition) is 6. The standard InChI is InChI=1S/C73H54B2N4OSSi2/c1-43(46-39-50-48-21-15-29-61-70(48)78(54-25-9-12-28-60(54)80-61)74-52-23-17-33-66-72(52)76(58(41-46)68(50)74)56-26-10-13-31-64(56)82(66,2)3)37-44-35-36-55-63(38-44)81-62-30-16-22-49-51-40-47(45-19-7-6-8-20-45)42-59-69(51)75(79(55)71(49)62)53-24-18-34-67-73(53)77(59)57-27-11-14-32-65(57)83(67,4)5/h6-36,38-43H,37H2,1-5H3. The summed E-state index contributed by atoms with van der Waals surface area (Å²) in [5.74, 6) is 2.02. The molecule has 1 unspecified atom stereocenters. The van der Waals surface area contributed by atoms with Gasteiger partial charge in [0.05, 0.1) is 17.1 Å². The molecule has 0 N–H and O–H groups in total. The van der Waals surface area contributed by atoms with Gasteiger partial charge in [-0.3, -0.25) is 0 Å². The average molecular weight is 1110 g/mol. The molecule has 19 rings (SSSR count). The summed E-state index contributed by atoms with van der Waals surface area (Å²) in [5.41, 5.74) is 28.8. The first-order valence-electron chi connectivity index (χ1n) is 29.5. The Kier molecular flexibility index (Phi) is 9.22. The lowest BCUT2D eigenvalue weighted by Crippen LogP contribution is -2.67. The van der Waals surface area contributed by atoms with E-state index < -0.39 is 16.1 Å². The molecule has 0 saturated carbocycles. The molecule has 10 heteroatoms. The number of anilines is 10. The zero-order chi connectivity index (χ0) is 54.9. The fourth-order valence-electron chi connectivity index (χ4n) is 16.5. The quantitative estimate of drug-likeness (QED) is 0.163. The second-order valence-electron chi connectivity index (χ2n) is 25.2.